The van der Waals surface area contributed by atoms with Crippen molar-refractivity contribution in [1.29, 1.82) is 0 Å². The van der Waals surface area contributed by atoms with E-state index in [1.54, 1.807) is 0 Å². The van der Waals surface area contributed by atoms with Crippen molar-refractivity contribution in [3.63, 3.8) is 0 Å². The standard InChI is InChI=1S/C32H18Br2/c33-22-11-3-9-20(17-22)29-24-13-1-2-14-25(24)30(21-10-4-12-23(34)18-21)32-27-16-6-8-19-7-5-15-26(28(19)27)31(29)32/h1-18H. The third-order valence-corrected chi connectivity index (χ3v) is 7.87. The fourth-order valence-electron chi connectivity index (χ4n) is 5.62. The van der Waals surface area contributed by atoms with Crippen molar-refractivity contribution >= 4 is 53.4 Å². The predicted molar refractivity (Wildman–Crippen MR) is 152 cm³/mol. The van der Waals surface area contributed by atoms with Gasteiger partial charge in [0.15, 0.2) is 0 Å². The fourth-order valence-corrected chi connectivity index (χ4v) is 6.42. The number of fused-ring (bicyclic) bond motifs is 4. The van der Waals surface area contributed by atoms with Crippen LogP contribution >= 0.6 is 31.9 Å². The zero-order valence-corrected chi connectivity index (χ0v) is 21.3. The Labute approximate surface area is 215 Å². The molecule has 0 bridgehead atoms. The van der Waals surface area contributed by atoms with Crippen molar-refractivity contribution in [1.82, 2.24) is 0 Å². The van der Waals surface area contributed by atoms with E-state index >= 15 is 0 Å². The Morgan fingerprint density at radius 2 is 0.882 bits per heavy atom. The molecule has 0 radical (unpaired) electrons. The van der Waals surface area contributed by atoms with Gasteiger partial charge in [0.25, 0.3) is 0 Å². The lowest BCUT2D eigenvalue weighted by Gasteiger charge is -2.20. The van der Waals surface area contributed by atoms with E-state index in [9.17, 15) is 0 Å². The van der Waals surface area contributed by atoms with Gasteiger partial charge >= 0.3 is 0 Å². The Hall–Kier alpha value is -3.20. The van der Waals surface area contributed by atoms with E-state index in [1.165, 1.54) is 66.1 Å². The molecule has 0 amide bonds. The van der Waals surface area contributed by atoms with Crippen molar-refractivity contribution in [2.24, 2.45) is 0 Å². The van der Waals surface area contributed by atoms with Crippen molar-refractivity contribution < 1.29 is 0 Å². The molecule has 0 aliphatic heterocycles. The van der Waals surface area contributed by atoms with E-state index in [0.717, 1.165) is 8.95 Å². The summed E-state index contributed by atoms with van der Waals surface area (Å²) in [5, 5.41) is 5.19. The minimum atomic E-state index is 1.09. The summed E-state index contributed by atoms with van der Waals surface area (Å²) in [6.07, 6.45) is 0. The van der Waals surface area contributed by atoms with E-state index in [-0.39, 0.29) is 0 Å². The zero-order chi connectivity index (χ0) is 22.8. The predicted octanol–water partition coefficient (Wildman–Crippen LogP) is 10.5. The molecule has 2 heteroatoms. The second-order valence-electron chi connectivity index (χ2n) is 8.78. The van der Waals surface area contributed by atoms with Gasteiger partial charge in [0.05, 0.1) is 0 Å². The second-order valence-corrected chi connectivity index (χ2v) is 10.6. The van der Waals surface area contributed by atoms with Crippen molar-refractivity contribution in [3.8, 4) is 44.5 Å². The molecule has 0 aromatic heterocycles. The Morgan fingerprint density at radius 1 is 0.412 bits per heavy atom. The molecule has 0 saturated heterocycles. The van der Waals surface area contributed by atoms with Gasteiger partial charge in [-0.15, -0.1) is 0 Å². The van der Waals surface area contributed by atoms with Crippen LogP contribution < -0.4 is 0 Å². The third kappa shape index (κ3) is 2.89. The van der Waals surface area contributed by atoms with E-state index < -0.39 is 0 Å². The number of halogens is 2. The molecule has 1 aliphatic carbocycles. The molecule has 0 N–H and O–H groups in total. The minimum absolute atomic E-state index is 1.09. The molecule has 0 atom stereocenters. The van der Waals surface area contributed by atoms with Crippen LogP contribution in [0.3, 0.4) is 0 Å². The summed E-state index contributed by atoms with van der Waals surface area (Å²) in [5.41, 5.74) is 10.4. The lowest BCUT2D eigenvalue weighted by atomic mass is 9.82. The lowest BCUT2D eigenvalue weighted by molar-refractivity contribution is 1.59. The molecule has 6 aromatic carbocycles. The van der Waals surface area contributed by atoms with Crippen molar-refractivity contribution in [2.45, 2.75) is 0 Å². The monoisotopic (exact) mass is 560 g/mol. The summed E-state index contributed by atoms with van der Waals surface area (Å²) in [6.45, 7) is 0. The highest BCUT2D eigenvalue weighted by molar-refractivity contribution is 9.10. The van der Waals surface area contributed by atoms with Gasteiger partial charge in [0.1, 0.15) is 0 Å². The number of hydrogen-bond acceptors (Lipinski definition) is 0. The van der Waals surface area contributed by atoms with Crippen molar-refractivity contribution in [3.05, 3.63) is 118 Å². The normalized spacial score (nSPS) is 11.8. The Morgan fingerprint density at radius 3 is 1.35 bits per heavy atom. The molecule has 7 rings (SSSR count). The molecule has 0 unspecified atom stereocenters. The van der Waals surface area contributed by atoms with E-state index in [2.05, 4.69) is 141 Å². The first-order chi connectivity index (χ1) is 16.7. The summed E-state index contributed by atoms with van der Waals surface area (Å²) in [5.74, 6) is 0. The van der Waals surface area contributed by atoms with E-state index in [4.69, 9.17) is 0 Å². The molecule has 0 spiro atoms. The quantitative estimate of drug-likeness (QED) is 0.197. The van der Waals surface area contributed by atoms with Gasteiger partial charge in [-0.1, -0.05) is 117 Å². The number of benzene rings is 6. The Kier molecular flexibility index (Phi) is 4.55. The smallest absolute Gasteiger partial charge is 0.0181 e. The second kappa shape index (κ2) is 7.66. The van der Waals surface area contributed by atoms with Crippen LogP contribution in [0.1, 0.15) is 0 Å². The maximum absolute atomic E-state index is 3.72. The molecular weight excluding hydrogens is 544 g/mol. The topological polar surface area (TPSA) is 0 Å². The third-order valence-electron chi connectivity index (χ3n) is 6.89. The maximum Gasteiger partial charge on any atom is 0.0181 e. The molecule has 0 nitrogen and oxygen atoms in total. The Balaban J connectivity index is 1.76. The highest BCUT2D eigenvalue weighted by atomic mass is 79.9. The minimum Gasteiger partial charge on any atom is -0.0616 e. The summed E-state index contributed by atoms with van der Waals surface area (Å²) in [4.78, 5) is 0. The zero-order valence-electron chi connectivity index (χ0n) is 18.1. The van der Waals surface area contributed by atoms with Gasteiger partial charge in [0, 0.05) is 8.95 Å². The van der Waals surface area contributed by atoms with Gasteiger partial charge in [-0.25, -0.2) is 0 Å². The molecule has 160 valence electrons. The summed E-state index contributed by atoms with van der Waals surface area (Å²) in [6, 6.07) is 39.7. The molecule has 0 heterocycles. The largest absolute Gasteiger partial charge is 0.0616 e. The van der Waals surface area contributed by atoms with Gasteiger partial charge in [-0.05, 0) is 90.3 Å². The number of hydrogen-bond donors (Lipinski definition) is 0. The lowest BCUT2D eigenvalue weighted by Crippen LogP contribution is -1.93. The maximum atomic E-state index is 3.72. The first-order valence-electron chi connectivity index (χ1n) is 11.3. The summed E-state index contributed by atoms with van der Waals surface area (Å²) < 4.78 is 2.18. The molecule has 0 saturated carbocycles. The van der Waals surface area contributed by atoms with Gasteiger partial charge in [-0.3, -0.25) is 0 Å². The summed E-state index contributed by atoms with van der Waals surface area (Å²) >= 11 is 7.43. The molecule has 1 aliphatic rings. The van der Waals surface area contributed by atoms with Gasteiger partial charge < -0.3 is 0 Å². The van der Waals surface area contributed by atoms with Crippen LogP contribution in [0.2, 0.25) is 0 Å². The fraction of sp³-hybridized carbons (Fsp3) is 0. The van der Waals surface area contributed by atoms with Crippen molar-refractivity contribution in [2.75, 3.05) is 0 Å². The number of rotatable bonds is 2. The average molecular weight is 562 g/mol. The van der Waals surface area contributed by atoms with Crippen LogP contribution in [0.25, 0.3) is 66.1 Å². The molecule has 6 aromatic rings. The molecule has 34 heavy (non-hydrogen) atoms. The average Bonchev–Trinajstić information content (AvgIpc) is 3.18. The highest BCUT2D eigenvalue weighted by Gasteiger charge is 2.30. The first-order valence-corrected chi connectivity index (χ1v) is 12.9. The van der Waals surface area contributed by atoms with E-state index in [0.29, 0.717) is 0 Å². The van der Waals surface area contributed by atoms with Gasteiger partial charge in [-0.2, -0.15) is 0 Å². The van der Waals surface area contributed by atoms with Crippen LogP contribution in [0, 0.1) is 0 Å². The highest BCUT2D eigenvalue weighted by Crippen LogP contribution is 2.57. The van der Waals surface area contributed by atoms with Crippen LogP contribution in [-0.4, -0.2) is 0 Å². The molecular formula is C32H18Br2. The van der Waals surface area contributed by atoms with Gasteiger partial charge in [0.2, 0.25) is 0 Å². The van der Waals surface area contributed by atoms with Crippen LogP contribution in [0.5, 0.6) is 0 Å². The van der Waals surface area contributed by atoms with E-state index in [1.807, 2.05) is 0 Å². The first kappa shape index (κ1) is 20.2. The summed E-state index contributed by atoms with van der Waals surface area (Å²) in [7, 11) is 0. The van der Waals surface area contributed by atoms with Crippen LogP contribution in [-0.2, 0) is 0 Å². The van der Waals surface area contributed by atoms with Crippen LogP contribution in [0.4, 0.5) is 0 Å². The molecule has 0 fully saturated rings. The van der Waals surface area contributed by atoms with Crippen LogP contribution in [0.15, 0.2) is 118 Å². The SMILES string of the molecule is Brc1cccc(-c2c3c(c(-c4cccc(Br)c4)c4ccccc24)-c2cccc4cccc-3c24)c1. The Bertz CT molecular complexity index is 1650.